The van der Waals surface area contributed by atoms with Crippen molar-refractivity contribution in [2.75, 3.05) is 5.32 Å². The van der Waals surface area contributed by atoms with Crippen LogP contribution in [0.5, 0.6) is 0 Å². The van der Waals surface area contributed by atoms with Crippen LogP contribution in [0.15, 0.2) is 60.4 Å². The summed E-state index contributed by atoms with van der Waals surface area (Å²) in [5.41, 5.74) is 6.72. The summed E-state index contributed by atoms with van der Waals surface area (Å²) in [6.45, 7) is 3.98. The molecule has 3 heterocycles. The maximum atomic E-state index is 4.73. The largest absolute Gasteiger partial charge is 0.359 e. The summed E-state index contributed by atoms with van der Waals surface area (Å²) < 4.78 is 0. The summed E-state index contributed by atoms with van der Waals surface area (Å²) in [5, 5.41) is 6.39. The van der Waals surface area contributed by atoms with E-state index in [1.54, 1.807) is 17.5 Å². The number of fused-ring (bicyclic) bond motifs is 1. The van der Waals surface area contributed by atoms with E-state index in [2.05, 4.69) is 40.5 Å². The first kappa shape index (κ1) is 12.3. The van der Waals surface area contributed by atoms with Gasteiger partial charge in [0.1, 0.15) is 5.01 Å². The highest BCUT2D eigenvalue weighted by Crippen LogP contribution is 2.33. The Kier molecular flexibility index (Phi) is 2.82. The Morgan fingerprint density at radius 1 is 1.19 bits per heavy atom. The number of benzene rings is 1. The molecule has 1 aliphatic heterocycles. The quantitative estimate of drug-likeness (QED) is 0.762. The van der Waals surface area contributed by atoms with E-state index < -0.39 is 0 Å². The van der Waals surface area contributed by atoms with Gasteiger partial charge in [-0.2, -0.15) is 0 Å². The van der Waals surface area contributed by atoms with Gasteiger partial charge in [0.25, 0.3) is 0 Å². The molecule has 1 aliphatic rings. The normalized spacial score (nSPS) is 13.0. The van der Waals surface area contributed by atoms with Crippen molar-refractivity contribution in [2.45, 2.75) is 6.42 Å². The molecule has 3 aromatic rings. The molecule has 0 atom stereocenters. The van der Waals surface area contributed by atoms with E-state index in [0.29, 0.717) is 0 Å². The number of nitrogens with one attached hydrogen (secondary N) is 1. The number of allylic oxidation sites excluding steroid dienone is 1. The third-order valence-corrected chi connectivity index (χ3v) is 4.42. The van der Waals surface area contributed by atoms with Crippen molar-refractivity contribution in [3.05, 3.63) is 65.9 Å². The molecule has 0 radical (unpaired) electrons. The molecule has 0 saturated heterocycles. The third-order valence-electron chi connectivity index (χ3n) is 3.53. The summed E-state index contributed by atoms with van der Waals surface area (Å²) in [5.74, 6) is 0. The third kappa shape index (κ3) is 2.23. The van der Waals surface area contributed by atoms with Gasteiger partial charge in [0.05, 0.1) is 5.69 Å². The number of hydrogen-bond acceptors (Lipinski definition) is 4. The molecule has 21 heavy (non-hydrogen) atoms. The van der Waals surface area contributed by atoms with Gasteiger partial charge >= 0.3 is 0 Å². The molecule has 1 aromatic carbocycles. The lowest BCUT2D eigenvalue weighted by molar-refractivity contribution is 1.26. The summed E-state index contributed by atoms with van der Waals surface area (Å²) in [4.78, 5) is 8.88. The monoisotopic (exact) mass is 291 g/mol. The minimum absolute atomic E-state index is 0.892. The second kappa shape index (κ2) is 4.82. The predicted molar refractivity (Wildman–Crippen MR) is 87.2 cm³/mol. The van der Waals surface area contributed by atoms with E-state index >= 15 is 0 Å². The molecule has 0 bridgehead atoms. The highest BCUT2D eigenvalue weighted by molar-refractivity contribution is 7.13. The van der Waals surface area contributed by atoms with Gasteiger partial charge in [0, 0.05) is 46.7 Å². The van der Waals surface area contributed by atoms with Gasteiger partial charge in [0.15, 0.2) is 0 Å². The van der Waals surface area contributed by atoms with Gasteiger partial charge in [-0.1, -0.05) is 12.6 Å². The second-order valence-electron chi connectivity index (χ2n) is 5.06. The van der Waals surface area contributed by atoms with Crippen LogP contribution in [0.4, 0.5) is 5.69 Å². The minimum Gasteiger partial charge on any atom is -0.359 e. The average Bonchev–Trinajstić information content (AvgIpc) is 3.12. The number of aromatic nitrogens is 2. The van der Waals surface area contributed by atoms with Gasteiger partial charge in [0.2, 0.25) is 0 Å². The molecule has 0 aliphatic carbocycles. The number of rotatable bonds is 2. The van der Waals surface area contributed by atoms with Crippen LogP contribution in [-0.2, 0) is 6.42 Å². The topological polar surface area (TPSA) is 37.8 Å². The van der Waals surface area contributed by atoms with E-state index in [1.165, 1.54) is 5.56 Å². The summed E-state index contributed by atoms with van der Waals surface area (Å²) in [6.07, 6.45) is 4.51. The predicted octanol–water partition coefficient (Wildman–Crippen LogP) is 4.35. The van der Waals surface area contributed by atoms with E-state index in [1.807, 2.05) is 18.3 Å². The lowest BCUT2D eigenvalue weighted by Gasteiger charge is -2.02. The first-order chi connectivity index (χ1) is 10.3. The van der Waals surface area contributed by atoms with E-state index in [4.69, 9.17) is 4.98 Å². The Hall–Kier alpha value is -2.46. The number of anilines is 1. The number of pyridine rings is 1. The Bertz CT molecular complexity index is 821. The molecule has 1 N–H and O–H groups in total. The maximum Gasteiger partial charge on any atom is 0.125 e. The molecule has 0 amide bonds. The fraction of sp³-hybridized carbons (Fsp3) is 0.0588. The lowest BCUT2D eigenvalue weighted by Crippen LogP contribution is -1.87. The average molecular weight is 291 g/mol. The van der Waals surface area contributed by atoms with Gasteiger partial charge in [-0.25, -0.2) is 4.98 Å². The Labute approximate surface area is 127 Å². The first-order valence-electron chi connectivity index (χ1n) is 6.73. The van der Waals surface area contributed by atoms with Gasteiger partial charge in [-0.05, 0) is 29.8 Å². The van der Waals surface area contributed by atoms with Gasteiger partial charge in [-0.15, -0.1) is 11.3 Å². The summed E-state index contributed by atoms with van der Waals surface area (Å²) >= 11 is 1.65. The van der Waals surface area contributed by atoms with E-state index in [9.17, 15) is 0 Å². The smallest absolute Gasteiger partial charge is 0.125 e. The fourth-order valence-corrected chi connectivity index (χ4v) is 3.33. The van der Waals surface area contributed by atoms with Crippen molar-refractivity contribution in [3.63, 3.8) is 0 Å². The molecule has 2 aromatic heterocycles. The van der Waals surface area contributed by atoms with E-state index in [-0.39, 0.29) is 0 Å². The Balaban J connectivity index is 1.71. The van der Waals surface area contributed by atoms with E-state index in [0.717, 1.165) is 39.6 Å². The van der Waals surface area contributed by atoms with Crippen LogP contribution >= 0.6 is 11.3 Å². The first-order valence-corrected chi connectivity index (χ1v) is 7.61. The van der Waals surface area contributed by atoms with Crippen molar-refractivity contribution in [1.82, 2.24) is 9.97 Å². The van der Waals surface area contributed by atoms with Crippen LogP contribution in [0.25, 0.3) is 21.8 Å². The SMILES string of the molecule is C=C1Cc2cc(-c3csc(-c4cccnc4)n3)ccc2N1. The minimum atomic E-state index is 0.892. The van der Waals surface area contributed by atoms with Crippen LogP contribution < -0.4 is 5.32 Å². The number of nitrogens with zero attached hydrogens (tertiary/aromatic N) is 2. The zero-order valence-corrected chi connectivity index (χ0v) is 12.2. The zero-order chi connectivity index (χ0) is 14.2. The number of hydrogen-bond donors (Lipinski definition) is 1. The molecule has 0 fully saturated rings. The molecule has 4 rings (SSSR count). The van der Waals surface area contributed by atoms with Crippen LogP contribution in [-0.4, -0.2) is 9.97 Å². The molecule has 102 valence electrons. The Morgan fingerprint density at radius 2 is 2.14 bits per heavy atom. The molecule has 0 unspecified atom stereocenters. The second-order valence-corrected chi connectivity index (χ2v) is 5.91. The molecule has 0 saturated carbocycles. The highest BCUT2D eigenvalue weighted by Gasteiger charge is 2.15. The van der Waals surface area contributed by atoms with Crippen LogP contribution in [0.2, 0.25) is 0 Å². The van der Waals surface area contributed by atoms with Crippen molar-refractivity contribution in [3.8, 4) is 21.8 Å². The highest BCUT2D eigenvalue weighted by atomic mass is 32.1. The van der Waals surface area contributed by atoms with Gasteiger partial charge in [-0.3, -0.25) is 4.98 Å². The van der Waals surface area contributed by atoms with Crippen LogP contribution in [0.3, 0.4) is 0 Å². The van der Waals surface area contributed by atoms with Crippen molar-refractivity contribution < 1.29 is 0 Å². The standard InChI is InChI=1S/C17H13N3S/c1-11-7-14-8-12(4-5-15(14)19-11)16-10-21-17(20-16)13-3-2-6-18-9-13/h2-6,8-10,19H,1,7H2. The van der Waals surface area contributed by atoms with Gasteiger partial charge < -0.3 is 5.32 Å². The summed E-state index contributed by atoms with van der Waals surface area (Å²) in [7, 11) is 0. The molecular weight excluding hydrogens is 278 g/mol. The van der Waals surface area contributed by atoms with Crippen molar-refractivity contribution in [1.29, 1.82) is 0 Å². The maximum absolute atomic E-state index is 4.73. The lowest BCUT2D eigenvalue weighted by atomic mass is 10.1. The van der Waals surface area contributed by atoms with Crippen molar-refractivity contribution in [2.24, 2.45) is 0 Å². The molecule has 3 nitrogen and oxygen atoms in total. The van der Waals surface area contributed by atoms with Crippen LogP contribution in [0, 0.1) is 0 Å². The fourth-order valence-electron chi connectivity index (χ4n) is 2.51. The van der Waals surface area contributed by atoms with Crippen molar-refractivity contribution >= 4 is 17.0 Å². The molecular formula is C17H13N3S. The zero-order valence-electron chi connectivity index (χ0n) is 11.3. The molecule has 0 spiro atoms. The number of thiazole rings is 1. The summed E-state index contributed by atoms with van der Waals surface area (Å²) in [6, 6.07) is 10.4. The molecule has 4 heteroatoms. The van der Waals surface area contributed by atoms with Crippen LogP contribution in [0.1, 0.15) is 5.56 Å². The Morgan fingerprint density at radius 3 is 3.00 bits per heavy atom.